The van der Waals surface area contributed by atoms with Gasteiger partial charge in [0, 0.05) is 19.6 Å². The fourth-order valence-electron chi connectivity index (χ4n) is 3.11. The Bertz CT molecular complexity index is 399. The Kier molecular flexibility index (Phi) is 4.37. The molecule has 20 heavy (non-hydrogen) atoms. The molecule has 2 heterocycles. The number of ether oxygens (including phenoxy) is 1. The first-order chi connectivity index (χ1) is 9.40. The molecule has 0 aromatic rings. The molecule has 2 aliphatic heterocycles. The van der Waals surface area contributed by atoms with Crippen molar-refractivity contribution in [1.29, 1.82) is 0 Å². The molecule has 4 atom stereocenters. The zero-order valence-corrected chi connectivity index (χ0v) is 12.9. The molecule has 2 aliphatic rings. The summed E-state index contributed by atoms with van der Waals surface area (Å²) in [5.41, 5.74) is -0.297. The lowest BCUT2D eigenvalue weighted by molar-refractivity contribution is -0.142. The van der Waals surface area contributed by atoms with Crippen molar-refractivity contribution in [1.82, 2.24) is 10.2 Å². The molecule has 0 spiro atoms. The topological polar surface area (TPSA) is 58.6 Å². The monoisotopic (exact) mass is 282 g/mol. The second-order valence-corrected chi connectivity index (χ2v) is 6.29. The SMILES string of the molecule is CCC(C)C1NC(=O)CCN(C2(C)CCOC2C)C1=O. The van der Waals surface area contributed by atoms with E-state index in [1.165, 1.54) is 0 Å². The van der Waals surface area contributed by atoms with Crippen LogP contribution in [0.5, 0.6) is 0 Å². The smallest absolute Gasteiger partial charge is 0.245 e. The number of rotatable bonds is 3. The molecule has 0 saturated carbocycles. The Morgan fingerprint density at radius 3 is 2.75 bits per heavy atom. The van der Waals surface area contributed by atoms with Gasteiger partial charge >= 0.3 is 0 Å². The van der Waals surface area contributed by atoms with Crippen LogP contribution in [0.1, 0.15) is 47.0 Å². The van der Waals surface area contributed by atoms with Crippen molar-refractivity contribution in [2.75, 3.05) is 13.2 Å². The quantitative estimate of drug-likeness (QED) is 0.849. The highest BCUT2D eigenvalue weighted by atomic mass is 16.5. The summed E-state index contributed by atoms with van der Waals surface area (Å²) < 4.78 is 5.66. The Hall–Kier alpha value is -1.10. The molecule has 4 unspecified atom stereocenters. The van der Waals surface area contributed by atoms with E-state index >= 15 is 0 Å². The number of hydrogen-bond donors (Lipinski definition) is 1. The number of nitrogens with zero attached hydrogens (tertiary/aromatic N) is 1. The minimum Gasteiger partial charge on any atom is -0.376 e. The standard InChI is InChI=1S/C15H26N2O3/c1-5-10(2)13-14(19)17(8-6-12(18)16-13)15(4)7-9-20-11(15)3/h10-11,13H,5-9H2,1-4H3,(H,16,18). The van der Waals surface area contributed by atoms with Gasteiger partial charge in [-0.15, -0.1) is 0 Å². The Labute approximate surface area is 121 Å². The maximum absolute atomic E-state index is 12.9. The number of nitrogens with one attached hydrogen (secondary N) is 1. The molecule has 5 nitrogen and oxygen atoms in total. The van der Waals surface area contributed by atoms with Crippen molar-refractivity contribution in [2.45, 2.75) is 64.6 Å². The maximum atomic E-state index is 12.9. The van der Waals surface area contributed by atoms with Gasteiger partial charge in [0.25, 0.3) is 0 Å². The van der Waals surface area contributed by atoms with Crippen molar-refractivity contribution >= 4 is 11.8 Å². The van der Waals surface area contributed by atoms with Crippen molar-refractivity contribution in [2.24, 2.45) is 5.92 Å². The van der Waals surface area contributed by atoms with Crippen LogP contribution in [-0.4, -0.2) is 47.6 Å². The first-order valence-electron chi connectivity index (χ1n) is 7.62. The second kappa shape index (κ2) is 5.72. The third kappa shape index (κ3) is 2.55. The largest absolute Gasteiger partial charge is 0.376 e. The molecule has 0 aliphatic carbocycles. The molecular weight excluding hydrogens is 256 g/mol. The summed E-state index contributed by atoms with van der Waals surface area (Å²) in [5, 5.41) is 2.89. The van der Waals surface area contributed by atoms with E-state index in [0.29, 0.717) is 19.6 Å². The summed E-state index contributed by atoms with van der Waals surface area (Å²) in [6, 6.07) is -0.403. The van der Waals surface area contributed by atoms with Crippen LogP contribution in [0.3, 0.4) is 0 Å². The fraction of sp³-hybridized carbons (Fsp3) is 0.867. The highest BCUT2D eigenvalue weighted by Crippen LogP contribution is 2.33. The van der Waals surface area contributed by atoms with Gasteiger partial charge in [0.05, 0.1) is 11.6 Å². The fourth-order valence-corrected chi connectivity index (χ4v) is 3.11. The molecule has 2 fully saturated rings. The molecule has 0 radical (unpaired) electrons. The summed E-state index contributed by atoms with van der Waals surface area (Å²) in [6.07, 6.45) is 2.09. The highest BCUT2D eigenvalue weighted by molar-refractivity contribution is 5.90. The van der Waals surface area contributed by atoms with Crippen LogP contribution in [0.15, 0.2) is 0 Å². The zero-order chi connectivity index (χ0) is 14.9. The lowest BCUT2D eigenvalue weighted by atomic mass is 9.89. The third-order valence-electron chi connectivity index (χ3n) is 5.09. The minimum atomic E-state index is -0.403. The van der Waals surface area contributed by atoms with Crippen LogP contribution >= 0.6 is 0 Å². The van der Waals surface area contributed by atoms with Crippen LogP contribution in [-0.2, 0) is 14.3 Å². The molecule has 0 aromatic heterocycles. The summed E-state index contributed by atoms with van der Waals surface area (Å²) in [7, 11) is 0. The first-order valence-corrected chi connectivity index (χ1v) is 7.62. The molecule has 0 aromatic carbocycles. The third-order valence-corrected chi connectivity index (χ3v) is 5.09. The molecule has 1 N–H and O–H groups in total. The number of carbonyl (C=O) groups is 2. The van der Waals surface area contributed by atoms with Gasteiger partial charge in [0.15, 0.2) is 0 Å². The molecule has 5 heteroatoms. The van der Waals surface area contributed by atoms with Crippen molar-refractivity contribution in [3.05, 3.63) is 0 Å². The van der Waals surface area contributed by atoms with Gasteiger partial charge in [-0.1, -0.05) is 20.3 Å². The van der Waals surface area contributed by atoms with E-state index in [-0.39, 0.29) is 29.4 Å². The summed E-state index contributed by atoms with van der Waals surface area (Å²) in [5.74, 6) is 0.166. The van der Waals surface area contributed by atoms with Crippen molar-refractivity contribution < 1.29 is 14.3 Å². The Balaban J connectivity index is 2.28. The van der Waals surface area contributed by atoms with E-state index in [4.69, 9.17) is 4.74 Å². The molecule has 2 rings (SSSR count). The second-order valence-electron chi connectivity index (χ2n) is 6.29. The number of amides is 2. The molecule has 114 valence electrons. The molecule has 2 saturated heterocycles. The number of carbonyl (C=O) groups excluding carboxylic acids is 2. The molecule has 0 bridgehead atoms. The van der Waals surface area contributed by atoms with Crippen LogP contribution < -0.4 is 5.32 Å². The van der Waals surface area contributed by atoms with Gasteiger partial charge in [0.2, 0.25) is 11.8 Å². The Morgan fingerprint density at radius 2 is 2.20 bits per heavy atom. The van der Waals surface area contributed by atoms with Gasteiger partial charge < -0.3 is 15.0 Å². The maximum Gasteiger partial charge on any atom is 0.245 e. The summed E-state index contributed by atoms with van der Waals surface area (Å²) in [6.45, 7) is 9.31. The molecule has 2 amide bonds. The highest BCUT2D eigenvalue weighted by Gasteiger charge is 2.47. The van der Waals surface area contributed by atoms with E-state index in [0.717, 1.165) is 12.8 Å². The van der Waals surface area contributed by atoms with E-state index in [2.05, 4.69) is 12.2 Å². The zero-order valence-electron chi connectivity index (χ0n) is 12.9. The van der Waals surface area contributed by atoms with E-state index in [1.54, 1.807) is 0 Å². The average Bonchev–Trinajstić information content (AvgIpc) is 2.66. The first kappa shape index (κ1) is 15.3. The average molecular weight is 282 g/mol. The summed E-state index contributed by atoms with van der Waals surface area (Å²) >= 11 is 0. The normalized spacial score (nSPS) is 36.7. The van der Waals surface area contributed by atoms with Crippen molar-refractivity contribution in [3.8, 4) is 0 Å². The minimum absolute atomic E-state index is 0.0113. The van der Waals surface area contributed by atoms with Gasteiger partial charge in [-0.3, -0.25) is 9.59 Å². The van der Waals surface area contributed by atoms with Crippen LogP contribution in [0.2, 0.25) is 0 Å². The van der Waals surface area contributed by atoms with Gasteiger partial charge in [-0.05, 0) is 26.2 Å². The summed E-state index contributed by atoms with van der Waals surface area (Å²) in [4.78, 5) is 26.7. The van der Waals surface area contributed by atoms with Crippen LogP contribution in [0.4, 0.5) is 0 Å². The van der Waals surface area contributed by atoms with E-state index < -0.39 is 6.04 Å². The van der Waals surface area contributed by atoms with E-state index in [9.17, 15) is 9.59 Å². The van der Waals surface area contributed by atoms with E-state index in [1.807, 2.05) is 25.7 Å². The number of hydrogen-bond acceptors (Lipinski definition) is 3. The van der Waals surface area contributed by atoms with Gasteiger partial charge in [0.1, 0.15) is 6.04 Å². The predicted octanol–water partition coefficient (Wildman–Crippen LogP) is 1.32. The van der Waals surface area contributed by atoms with Crippen LogP contribution in [0.25, 0.3) is 0 Å². The lowest BCUT2D eigenvalue weighted by Gasteiger charge is -2.41. The van der Waals surface area contributed by atoms with Gasteiger partial charge in [-0.25, -0.2) is 0 Å². The predicted molar refractivity (Wildman–Crippen MR) is 76.2 cm³/mol. The van der Waals surface area contributed by atoms with Crippen LogP contribution in [0, 0.1) is 5.92 Å². The lowest BCUT2D eigenvalue weighted by Crippen LogP contribution is -2.58. The van der Waals surface area contributed by atoms with Gasteiger partial charge in [-0.2, -0.15) is 0 Å². The van der Waals surface area contributed by atoms with Crippen molar-refractivity contribution in [3.63, 3.8) is 0 Å². The Morgan fingerprint density at radius 1 is 1.50 bits per heavy atom. The molecular formula is C15H26N2O3.